The normalized spacial score (nSPS) is 11.9. The highest BCUT2D eigenvalue weighted by Gasteiger charge is 2.26. The van der Waals surface area contributed by atoms with Crippen LogP contribution in [-0.2, 0) is 0 Å². The molecule has 0 bridgehead atoms. The summed E-state index contributed by atoms with van der Waals surface area (Å²) in [5, 5.41) is 6.95. The Morgan fingerprint density at radius 2 is 0.980 bits per heavy atom. The second-order valence-corrected chi connectivity index (χ2v) is 13.2. The van der Waals surface area contributed by atoms with Crippen molar-refractivity contribution in [2.45, 2.75) is 0 Å². The largest absolute Gasteiger partial charge is 0.455 e. The molecule has 2 heterocycles. The molecule has 10 aromatic rings. The van der Waals surface area contributed by atoms with E-state index in [-0.39, 0.29) is 0 Å². The van der Waals surface area contributed by atoms with Gasteiger partial charge in [0.25, 0.3) is 0 Å². The number of fused-ring (bicyclic) bond motifs is 8. The third-order valence-electron chi connectivity index (χ3n) is 10.2. The van der Waals surface area contributed by atoms with E-state index in [1.54, 1.807) is 0 Å². The maximum Gasteiger partial charge on any atom is 0.164 e. The van der Waals surface area contributed by atoms with Crippen molar-refractivity contribution >= 4 is 43.5 Å². The molecule has 1 aliphatic rings. The van der Waals surface area contributed by atoms with Gasteiger partial charge in [-0.25, -0.2) is 15.0 Å². The van der Waals surface area contributed by atoms with Gasteiger partial charge in [-0.3, -0.25) is 0 Å². The number of hydrogen-bond acceptors (Lipinski definition) is 4. The van der Waals surface area contributed by atoms with E-state index in [4.69, 9.17) is 19.4 Å². The number of nitrogens with zero attached hydrogens (tertiary/aromatic N) is 3. The molecule has 236 valence electrons. The second-order valence-electron chi connectivity index (χ2n) is 13.2. The van der Waals surface area contributed by atoms with Crippen LogP contribution in [0.1, 0.15) is 0 Å². The van der Waals surface area contributed by atoms with E-state index in [0.717, 1.165) is 60.5 Å². The molecule has 4 heteroatoms. The Labute approximate surface area is 293 Å². The lowest BCUT2D eigenvalue weighted by Gasteiger charge is -2.14. The Morgan fingerprint density at radius 3 is 1.78 bits per heavy atom. The first-order chi connectivity index (χ1) is 25.3. The number of rotatable bonds is 4. The first kappa shape index (κ1) is 28.0. The Bertz CT molecular complexity index is 3010. The number of furan rings is 1. The van der Waals surface area contributed by atoms with Crippen molar-refractivity contribution in [3.63, 3.8) is 0 Å². The molecular weight excluding hydrogens is 623 g/mol. The Balaban J connectivity index is 1.15. The molecule has 4 nitrogen and oxygen atoms in total. The van der Waals surface area contributed by atoms with Crippen LogP contribution < -0.4 is 0 Å². The fourth-order valence-electron chi connectivity index (χ4n) is 7.89. The molecule has 11 rings (SSSR count). The van der Waals surface area contributed by atoms with E-state index in [2.05, 4.69) is 133 Å². The summed E-state index contributed by atoms with van der Waals surface area (Å²) in [4.78, 5) is 15.4. The molecule has 0 unspecified atom stereocenters. The van der Waals surface area contributed by atoms with Gasteiger partial charge in [-0.1, -0.05) is 133 Å². The quantitative estimate of drug-likeness (QED) is 0.190. The van der Waals surface area contributed by atoms with Crippen molar-refractivity contribution in [2.75, 3.05) is 0 Å². The van der Waals surface area contributed by atoms with Crippen LogP contribution in [0.25, 0.3) is 111 Å². The smallest absolute Gasteiger partial charge is 0.164 e. The summed E-state index contributed by atoms with van der Waals surface area (Å²) in [5.74, 6) is 1.84. The van der Waals surface area contributed by atoms with E-state index in [1.165, 1.54) is 33.0 Å². The number of aromatic nitrogens is 3. The SMILES string of the molecule is c1ccc(-c2nc(-c3cc(-c4ccccc4)c4c(c3)-c3cccc5cccc-4c35)nc(-c3ccc4c(c3)oc3c5ccccc5ccc43)n2)cc1. The molecule has 0 spiro atoms. The molecular formula is C47H27N3O. The minimum Gasteiger partial charge on any atom is -0.455 e. The summed E-state index contributed by atoms with van der Waals surface area (Å²) in [6, 6.07) is 57.4. The molecule has 0 amide bonds. The van der Waals surface area contributed by atoms with E-state index >= 15 is 0 Å². The Kier molecular flexibility index (Phi) is 5.92. The fraction of sp³-hybridized carbons (Fsp3) is 0. The van der Waals surface area contributed by atoms with Crippen LogP contribution in [0.2, 0.25) is 0 Å². The van der Waals surface area contributed by atoms with Gasteiger partial charge in [0.05, 0.1) is 0 Å². The predicted octanol–water partition coefficient (Wildman–Crippen LogP) is 12.4. The first-order valence-corrected chi connectivity index (χ1v) is 17.2. The van der Waals surface area contributed by atoms with E-state index in [1.807, 2.05) is 30.3 Å². The Hall–Kier alpha value is -6.91. The standard InChI is InChI=1S/C47H27N3O/c1-3-11-28(12-4-1)39-25-33(26-40-36-19-9-16-30-17-10-20-38(42(30)36)43(39)40)47-49-45(31-14-5-2-6-15-31)48-46(50-47)32-22-23-35-37-24-21-29-13-7-8-18-34(29)44(37)51-41(35)27-32/h1-27H. The fourth-order valence-corrected chi connectivity index (χ4v) is 7.89. The van der Waals surface area contributed by atoms with Gasteiger partial charge >= 0.3 is 0 Å². The summed E-state index contributed by atoms with van der Waals surface area (Å²) in [5.41, 5.74) is 11.7. The van der Waals surface area contributed by atoms with Crippen LogP contribution in [0.4, 0.5) is 0 Å². The lowest BCUT2D eigenvalue weighted by atomic mass is 9.91. The van der Waals surface area contributed by atoms with Crippen LogP contribution in [-0.4, -0.2) is 15.0 Å². The highest BCUT2D eigenvalue weighted by atomic mass is 16.3. The summed E-state index contributed by atoms with van der Waals surface area (Å²) < 4.78 is 6.56. The van der Waals surface area contributed by atoms with E-state index in [9.17, 15) is 0 Å². The van der Waals surface area contributed by atoms with Crippen LogP contribution in [0, 0.1) is 0 Å². The molecule has 0 saturated heterocycles. The van der Waals surface area contributed by atoms with Gasteiger partial charge in [-0.2, -0.15) is 0 Å². The van der Waals surface area contributed by atoms with E-state index < -0.39 is 0 Å². The first-order valence-electron chi connectivity index (χ1n) is 17.2. The summed E-state index contributed by atoms with van der Waals surface area (Å²) in [7, 11) is 0. The molecule has 0 atom stereocenters. The summed E-state index contributed by atoms with van der Waals surface area (Å²) >= 11 is 0. The zero-order chi connectivity index (χ0) is 33.5. The average Bonchev–Trinajstić information content (AvgIpc) is 3.75. The lowest BCUT2D eigenvalue weighted by Crippen LogP contribution is -2.00. The molecule has 0 N–H and O–H groups in total. The van der Waals surface area contributed by atoms with Crippen LogP contribution >= 0.6 is 0 Å². The second kappa shape index (κ2) is 10.8. The predicted molar refractivity (Wildman–Crippen MR) is 208 cm³/mol. The minimum absolute atomic E-state index is 0.596. The lowest BCUT2D eigenvalue weighted by molar-refractivity contribution is 0.673. The third kappa shape index (κ3) is 4.30. The monoisotopic (exact) mass is 649 g/mol. The van der Waals surface area contributed by atoms with Gasteiger partial charge in [0.1, 0.15) is 11.2 Å². The highest BCUT2D eigenvalue weighted by molar-refractivity contribution is 6.19. The highest BCUT2D eigenvalue weighted by Crippen LogP contribution is 2.52. The summed E-state index contributed by atoms with van der Waals surface area (Å²) in [6.07, 6.45) is 0. The molecule has 0 radical (unpaired) electrons. The van der Waals surface area contributed by atoms with Crippen LogP contribution in [0.5, 0.6) is 0 Å². The minimum atomic E-state index is 0.596. The van der Waals surface area contributed by atoms with Gasteiger partial charge < -0.3 is 4.42 Å². The van der Waals surface area contributed by atoms with Gasteiger partial charge in [0, 0.05) is 32.8 Å². The zero-order valence-corrected chi connectivity index (χ0v) is 27.3. The topological polar surface area (TPSA) is 51.8 Å². The van der Waals surface area contributed by atoms with Gasteiger partial charge in [0.2, 0.25) is 0 Å². The summed E-state index contributed by atoms with van der Waals surface area (Å²) in [6.45, 7) is 0. The van der Waals surface area contributed by atoms with Gasteiger partial charge in [-0.15, -0.1) is 0 Å². The number of benzene rings is 8. The van der Waals surface area contributed by atoms with Gasteiger partial charge in [-0.05, 0) is 79.9 Å². The maximum atomic E-state index is 6.56. The van der Waals surface area contributed by atoms with Crippen molar-refractivity contribution in [1.29, 1.82) is 0 Å². The van der Waals surface area contributed by atoms with Gasteiger partial charge in [0.15, 0.2) is 17.5 Å². The molecule has 1 aliphatic carbocycles. The zero-order valence-electron chi connectivity index (χ0n) is 27.3. The molecule has 0 fully saturated rings. The molecule has 2 aromatic heterocycles. The number of hydrogen-bond donors (Lipinski definition) is 0. The van der Waals surface area contributed by atoms with Crippen molar-refractivity contribution < 1.29 is 4.42 Å². The van der Waals surface area contributed by atoms with Crippen molar-refractivity contribution in [2.24, 2.45) is 0 Å². The Morgan fingerprint density at radius 1 is 0.353 bits per heavy atom. The molecule has 51 heavy (non-hydrogen) atoms. The van der Waals surface area contributed by atoms with Crippen molar-refractivity contribution in [3.8, 4) is 67.5 Å². The average molecular weight is 650 g/mol. The molecule has 0 saturated carbocycles. The third-order valence-corrected chi connectivity index (χ3v) is 10.2. The van der Waals surface area contributed by atoms with Crippen LogP contribution in [0.3, 0.4) is 0 Å². The van der Waals surface area contributed by atoms with Crippen molar-refractivity contribution in [3.05, 3.63) is 164 Å². The molecule has 8 aromatic carbocycles. The maximum absolute atomic E-state index is 6.56. The van der Waals surface area contributed by atoms with Crippen LogP contribution in [0.15, 0.2) is 168 Å². The van der Waals surface area contributed by atoms with E-state index in [0.29, 0.717) is 17.5 Å². The molecule has 0 aliphatic heterocycles. The van der Waals surface area contributed by atoms with Crippen molar-refractivity contribution in [1.82, 2.24) is 15.0 Å².